The van der Waals surface area contributed by atoms with Crippen molar-refractivity contribution < 1.29 is 0 Å². The number of nitrogens with two attached hydrogens (primary N) is 1. The molecule has 2 rings (SSSR count). The molecule has 0 aromatic rings. The molecule has 2 aliphatic carbocycles. The van der Waals surface area contributed by atoms with Crippen LogP contribution in [0.5, 0.6) is 0 Å². The maximum absolute atomic E-state index is 5.79. The van der Waals surface area contributed by atoms with Gasteiger partial charge in [0, 0.05) is 6.54 Å². The van der Waals surface area contributed by atoms with Crippen LogP contribution in [-0.4, -0.2) is 19.6 Å². The molecule has 2 fully saturated rings. The van der Waals surface area contributed by atoms with E-state index in [1.807, 2.05) is 0 Å². The Morgan fingerprint density at radius 1 is 1.23 bits per heavy atom. The molecule has 0 spiro atoms. The maximum atomic E-state index is 5.79. The monoisotopic (exact) mass is 182 g/mol. The Balaban J connectivity index is 1.60. The van der Waals surface area contributed by atoms with Crippen LogP contribution in [0, 0.1) is 11.3 Å². The fourth-order valence-electron chi connectivity index (χ4n) is 2.37. The van der Waals surface area contributed by atoms with E-state index in [1.54, 1.807) is 0 Å². The molecule has 2 heteroatoms. The van der Waals surface area contributed by atoms with E-state index in [0.29, 0.717) is 5.41 Å². The Labute approximate surface area is 81.3 Å². The summed E-state index contributed by atoms with van der Waals surface area (Å²) in [5.41, 5.74) is 6.28. The lowest BCUT2D eigenvalue weighted by atomic mass is 9.68. The van der Waals surface area contributed by atoms with Gasteiger partial charge in [0.1, 0.15) is 0 Å². The lowest BCUT2D eigenvalue weighted by Gasteiger charge is -2.41. The molecule has 0 aromatic heterocycles. The van der Waals surface area contributed by atoms with Crippen molar-refractivity contribution in [3.05, 3.63) is 0 Å². The van der Waals surface area contributed by atoms with Gasteiger partial charge in [0.15, 0.2) is 0 Å². The summed E-state index contributed by atoms with van der Waals surface area (Å²) in [5, 5.41) is 3.60. The first-order valence-corrected chi connectivity index (χ1v) is 5.75. The van der Waals surface area contributed by atoms with Crippen LogP contribution in [0.15, 0.2) is 0 Å². The Morgan fingerprint density at radius 2 is 2.00 bits per heavy atom. The normalized spacial score (nSPS) is 26.5. The highest BCUT2D eigenvalue weighted by atomic mass is 14.9. The van der Waals surface area contributed by atoms with Gasteiger partial charge in [0.25, 0.3) is 0 Å². The zero-order valence-electron chi connectivity index (χ0n) is 8.52. The van der Waals surface area contributed by atoms with Crippen molar-refractivity contribution in [2.75, 3.05) is 19.6 Å². The molecule has 0 radical (unpaired) electrons. The van der Waals surface area contributed by atoms with Crippen LogP contribution >= 0.6 is 0 Å². The summed E-state index contributed by atoms with van der Waals surface area (Å²) in [5.74, 6) is 0.981. The average molecular weight is 182 g/mol. The third-order valence-electron chi connectivity index (χ3n) is 4.00. The maximum Gasteiger partial charge on any atom is 0.00200 e. The summed E-state index contributed by atoms with van der Waals surface area (Å²) < 4.78 is 0. The zero-order valence-corrected chi connectivity index (χ0v) is 8.52. The van der Waals surface area contributed by atoms with Gasteiger partial charge in [0.05, 0.1) is 0 Å². The van der Waals surface area contributed by atoms with Crippen LogP contribution in [-0.2, 0) is 0 Å². The van der Waals surface area contributed by atoms with E-state index in [9.17, 15) is 0 Å². The van der Waals surface area contributed by atoms with E-state index in [1.165, 1.54) is 51.6 Å². The van der Waals surface area contributed by atoms with E-state index < -0.39 is 0 Å². The summed E-state index contributed by atoms with van der Waals surface area (Å²) in [6.07, 6.45) is 8.43. The Morgan fingerprint density at radius 3 is 2.38 bits per heavy atom. The van der Waals surface area contributed by atoms with Gasteiger partial charge in [-0.05, 0) is 50.1 Å². The molecule has 2 saturated carbocycles. The largest absolute Gasteiger partial charge is 0.330 e. The standard InChI is InChI=1S/C11H22N2/c12-8-11(5-2-6-11)9-13-7-10-3-1-4-10/h10,13H,1-9,12H2. The van der Waals surface area contributed by atoms with E-state index in [4.69, 9.17) is 5.73 Å². The molecule has 0 heterocycles. The summed E-state index contributed by atoms with van der Waals surface area (Å²) in [6, 6.07) is 0. The highest BCUT2D eigenvalue weighted by Gasteiger charge is 2.35. The summed E-state index contributed by atoms with van der Waals surface area (Å²) >= 11 is 0. The predicted octanol–water partition coefficient (Wildman–Crippen LogP) is 1.51. The summed E-state index contributed by atoms with van der Waals surface area (Å²) in [7, 11) is 0. The fourth-order valence-corrected chi connectivity index (χ4v) is 2.37. The highest BCUT2D eigenvalue weighted by molar-refractivity contribution is 4.90. The summed E-state index contributed by atoms with van der Waals surface area (Å²) in [4.78, 5) is 0. The van der Waals surface area contributed by atoms with Gasteiger partial charge < -0.3 is 11.1 Å². The number of nitrogens with one attached hydrogen (secondary N) is 1. The third kappa shape index (κ3) is 2.05. The van der Waals surface area contributed by atoms with E-state index in [0.717, 1.165) is 12.5 Å². The van der Waals surface area contributed by atoms with Gasteiger partial charge in [-0.3, -0.25) is 0 Å². The second-order valence-corrected chi connectivity index (χ2v) is 4.99. The van der Waals surface area contributed by atoms with Crippen molar-refractivity contribution in [2.24, 2.45) is 17.1 Å². The van der Waals surface area contributed by atoms with E-state index >= 15 is 0 Å². The molecule has 0 unspecified atom stereocenters. The lowest BCUT2D eigenvalue weighted by molar-refractivity contribution is 0.135. The van der Waals surface area contributed by atoms with Crippen LogP contribution in [0.2, 0.25) is 0 Å². The molecule has 0 atom stereocenters. The molecule has 2 aliphatic rings. The molecule has 0 amide bonds. The Bertz CT molecular complexity index is 154. The van der Waals surface area contributed by atoms with Crippen molar-refractivity contribution in [1.82, 2.24) is 5.32 Å². The molecule has 76 valence electrons. The average Bonchev–Trinajstić information content (AvgIpc) is 1.99. The Hall–Kier alpha value is -0.0800. The predicted molar refractivity (Wildman–Crippen MR) is 55.5 cm³/mol. The van der Waals surface area contributed by atoms with E-state index in [2.05, 4.69) is 5.32 Å². The van der Waals surface area contributed by atoms with Crippen LogP contribution in [0.4, 0.5) is 0 Å². The lowest BCUT2D eigenvalue weighted by Crippen LogP contribution is -2.46. The SMILES string of the molecule is NCC1(CNCC2CCC2)CCC1. The molecule has 13 heavy (non-hydrogen) atoms. The first-order valence-electron chi connectivity index (χ1n) is 5.75. The van der Waals surface area contributed by atoms with Crippen LogP contribution in [0.25, 0.3) is 0 Å². The molecular formula is C11H22N2. The smallest absolute Gasteiger partial charge is 0.00200 e. The first-order chi connectivity index (χ1) is 6.35. The van der Waals surface area contributed by atoms with Gasteiger partial charge in [-0.25, -0.2) is 0 Å². The molecule has 0 aliphatic heterocycles. The van der Waals surface area contributed by atoms with Gasteiger partial charge >= 0.3 is 0 Å². The summed E-state index contributed by atoms with van der Waals surface area (Å²) in [6.45, 7) is 3.28. The van der Waals surface area contributed by atoms with Crippen molar-refractivity contribution in [1.29, 1.82) is 0 Å². The van der Waals surface area contributed by atoms with Crippen LogP contribution < -0.4 is 11.1 Å². The zero-order chi connectivity index (χ0) is 9.15. The molecule has 0 saturated heterocycles. The number of rotatable bonds is 5. The number of hydrogen-bond acceptors (Lipinski definition) is 2. The molecule has 3 N–H and O–H groups in total. The van der Waals surface area contributed by atoms with Gasteiger partial charge in [-0.1, -0.05) is 12.8 Å². The Kier molecular flexibility index (Phi) is 2.89. The van der Waals surface area contributed by atoms with Gasteiger partial charge in [-0.15, -0.1) is 0 Å². The van der Waals surface area contributed by atoms with Crippen LogP contribution in [0.3, 0.4) is 0 Å². The second kappa shape index (κ2) is 3.97. The molecule has 0 bridgehead atoms. The van der Waals surface area contributed by atoms with E-state index in [-0.39, 0.29) is 0 Å². The minimum atomic E-state index is 0.490. The number of hydrogen-bond donors (Lipinski definition) is 2. The second-order valence-electron chi connectivity index (χ2n) is 4.99. The van der Waals surface area contributed by atoms with Crippen molar-refractivity contribution in [2.45, 2.75) is 38.5 Å². The minimum Gasteiger partial charge on any atom is -0.330 e. The van der Waals surface area contributed by atoms with Crippen molar-refractivity contribution in [3.8, 4) is 0 Å². The minimum absolute atomic E-state index is 0.490. The fraction of sp³-hybridized carbons (Fsp3) is 1.00. The first kappa shape index (κ1) is 9.47. The molecule has 2 nitrogen and oxygen atoms in total. The molecule has 0 aromatic carbocycles. The quantitative estimate of drug-likeness (QED) is 0.676. The third-order valence-corrected chi connectivity index (χ3v) is 4.00. The van der Waals surface area contributed by atoms with Crippen LogP contribution in [0.1, 0.15) is 38.5 Å². The van der Waals surface area contributed by atoms with Gasteiger partial charge in [0.2, 0.25) is 0 Å². The molecular weight excluding hydrogens is 160 g/mol. The highest BCUT2D eigenvalue weighted by Crippen LogP contribution is 2.39. The topological polar surface area (TPSA) is 38.0 Å². The van der Waals surface area contributed by atoms with Gasteiger partial charge in [-0.2, -0.15) is 0 Å². The van der Waals surface area contributed by atoms with Crippen molar-refractivity contribution >= 4 is 0 Å². The van der Waals surface area contributed by atoms with Crippen molar-refractivity contribution in [3.63, 3.8) is 0 Å².